The first-order valence-corrected chi connectivity index (χ1v) is 5.98. The van der Waals surface area contributed by atoms with E-state index in [2.05, 4.69) is 25.7 Å². The fraction of sp³-hybridized carbons (Fsp3) is 0.846. The van der Waals surface area contributed by atoms with Crippen molar-refractivity contribution >= 4 is 0 Å². The molecular weight excluding hydrogens is 189 g/mol. The van der Waals surface area contributed by atoms with Crippen LogP contribution in [0.4, 0.5) is 4.39 Å². The van der Waals surface area contributed by atoms with E-state index in [1.807, 2.05) is 7.05 Å². The third kappa shape index (κ3) is 1.54. The Kier molecular flexibility index (Phi) is 2.66. The van der Waals surface area contributed by atoms with Crippen LogP contribution < -0.4 is 0 Å². The lowest BCUT2D eigenvalue weighted by Crippen LogP contribution is -2.47. The SMILES string of the molecule is CC1=C(C)C2(CCN(C)CC2F)CC1C. The van der Waals surface area contributed by atoms with Crippen molar-refractivity contribution in [1.82, 2.24) is 4.90 Å². The minimum atomic E-state index is -0.670. The van der Waals surface area contributed by atoms with Gasteiger partial charge in [-0.3, -0.25) is 0 Å². The maximum absolute atomic E-state index is 14.3. The molecule has 15 heavy (non-hydrogen) atoms. The molecule has 1 saturated heterocycles. The smallest absolute Gasteiger partial charge is 0.122 e. The Hall–Kier alpha value is -0.370. The van der Waals surface area contributed by atoms with Crippen molar-refractivity contribution in [3.63, 3.8) is 0 Å². The molecule has 0 amide bonds. The first-order chi connectivity index (χ1) is 6.97. The van der Waals surface area contributed by atoms with Gasteiger partial charge in [0.15, 0.2) is 0 Å². The van der Waals surface area contributed by atoms with Gasteiger partial charge in [0.25, 0.3) is 0 Å². The Bertz CT molecular complexity index is 297. The maximum atomic E-state index is 14.3. The largest absolute Gasteiger partial charge is 0.303 e. The number of halogens is 1. The summed E-state index contributed by atoms with van der Waals surface area (Å²) in [5, 5.41) is 0. The quantitative estimate of drug-likeness (QED) is 0.557. The van der Waals surface area contributed by atoms with Gasteiger partial charge in [0.1, 0.15) is 6.17 Å². The molecule has 0 aromatic heterocycles. The summed E-state index contributed by atoms with van der Waals surface area (Å²) < 4.78 is 14.3. The van der Waals surface area contributed by atoms with Crippen LogP contribution in [0.25, 0.3) is 0 Å². The number of hydrogen-bond acceptors (Lipinski definition) is 1. The molecule has 1 spiro atoms. The lowest BCUT2D eigenvalue weighted by atomic mass is 9.71. The Morgan fingerprint density at radius 3 is 2.53 bits per heavy atom. The third-order valence-electron chi connectivity index (χ3n) is 4.76. The maximum Gasteiger partial charge on any atom is 0.122 e. The fourth-order valence-corrected chi connectivity index (χ4v) is 3.35. The van der Waals surface area contributed by atoms with Crippen molar-refractivity contribution in [3.8, 4) is 0 Å². The standard InChI is InChI=1S/C13H22FN/c1-9-7-13(11(3)10(9)2)5-6-15(4)8-12(13)14/h9,12H,5-8H2,1-4H3. The highest BCUT2D eigenvalue weighted by Crippen LogP contribution is 2.52. The number of nitrogens with zero attached hydrogens (tertiary/aromatic N) is 1. The van der Waals surface area contributed by atoms with Crippen molar-refractivity contribution < 1.29 is 4.39 Å². The Morgan fingerprint density at radius 2 is 2.07 bits per heavy atom. The molecular formula is C13H22FN. The molecule has 0 aromatic carbocycles. The molecule has 3 atom stereocenters. The van der Waals surface area contributed by atoms with Gasteiger partial charge in [0.2, 0.25) is 0 Å². The van der Waals surface area contributed by atoms with Gasteiger partial charge >= 0.3 is 0 Å². The van der Waals surface area contributed by atoms with Crippen molar-refractivity contribution in [3.05, 3.63) is 11.1 Å². The van der Waals surface area contributed by atoms with Gasteiger partial charge < -0.3 is 4.90 Å². The van der Waals surface area contributed by atoms with E-state index in [0.29, 0.717) is 12.5 Å². The molecule has 2 heteroatoms. The monoisotopic (exact) mass is 211 g/mol. The molecule has 0 N–H and O–H groups in total. The van der Waals surface area contributed by atoms with Crippen LogP contribution in [0.1, 0.15) is 33.6 Å². The van der Waals surface area contributed by atoms with E-state index in [1.54, 1.807) is 0 Å². The molecule has 1 aliphatic heterocycles. The van der Waals surface area contributed by atoms with Crippen LogP contribution >= 0.6 is 0 Å². The zero-order chi connectivity index (χ0) is 11.2. The van der Waals surface area contributed by atoms with Gasteiger partial charge in [-0.2, -0.15) is 0 Å². The zero-order valence-corrected chi connectivity index (χ0v) is 10.3. The van der Waals surface area contributed by atoms with Crippen molar-refractivity contribution in [2.75, 3.05) is 20.1 Å². The van der Waals surface area contributed by atoms with Gasteiger partial charge in [-0.15, -0.1) is 0 Å². The molecule has 1 nitrogen and oxygen atoms in total. The Labute approximate surface area is 92.3 Å². The van der Waals surface area contributed by atoms with Crippen molar-refractivity contribution in [2.24, 2.45) is 11.3 Å². The van der Waals surface area contributed by atoms with Gasteiger partial charge in [-0.25, -0.2) is 4.39 Å². The van der Waals surface area contributed by atoms with Gasteiger partial charge in [0, 0.05) is 12.0 Å². The van der Waals surface area contributed by atoms with E-state index in [9.17, 15) is 4.39 Å². The van der Waals surface area contributed by atoms with Crippen molar-refractivity contribution in [1.29, 1.82) is 0 Å². The van der Waals surface area contributed by atoms with E-state index < -0.39 is 6.17 Å². The molecule has 2 aliphatic rings. The first-order valence-electron chi connectivity index (χ1n) is 5.98. The second-order valence-corrected chi connectivity index (χ2v) is 5.55. The average Bonchev–Trinajstić information content (AvgIpc) is 2.39. The molecule has 0 bridgehead atoms. The summed E-state index contributed by atoms with van der Waals surface area (Å²) in [6.45, 7) is 8.21. The van der Waals surface area contributed by atoms with E-state index in [-0.39, 0.29) is 5.41 Å². The molecule has 0 aromatic rings. The first kappa shape index (κ1) is 11.1. The number of piperidine rings is 1. The van der Waals surface area contributed by atoms with Crippen LogP contribution in [0.15, 0.2) is 11.1 Å². The Morgan fingerprint density at radius 1 is 1.40 bits per heavy atom. The van der Waals surface area contributed by atoms with Gasteiger partial charge in [-0.05, 0) is 46.2 Å². The number of alkyl halides is 1. The lowest BCUT2D eigenvalue weighted by molar-refractivity contribution is 0.0391. The second kappa shape index (κ2) is 3.58. The number of allylic oxidation sites excluding steroid dienone is 2. The van der Waals surface area contributed by atoms with Crippen LogP contribution in [0.5, 0.6) is 0 Å². The molecule has 3 unspecified atom stereocenters. The molecule has 1 fully saturated rings. The van der Waals surface area contributed by atoms with Crippen LogP contribution in [0.2, 0.25) is 0 Å². The van der Waals surface area contributed by atoms with E-state index in [4.69, 9.17) is 0 Å². The fourth-order valence-electron chi connectivity index (χ4n) is 3.35. The van der Waals surface area contributed by atoms with Crippen LogP contribution in [0, 0.1) is 11.3 Å². The van der Waals surface area contributed by atoms with Crippen LogP contribution in [0.3, 0.4) is 0 Å². The van der Waals surface area contributed by atoms with Gasteiger partial charge in [-0.1, -0.05) is 18.1 Å². The molecule has 1 heterocycles. The summed E-state index contributed by atoms with van der Waals surface area (Å²) in [7, 11) is 2.02. The summed E-state index contributed by atoms with van der Waals surface area (Å²) in [5.41, 5.74) is 2.66. The van der Waals surface area contributed by atoms with E-state index in [1.165, 1.54) is 11.1 Å². The summed E-state index contributed by atoms with van der Waals surface area (Å²) in [5.74, 6) is 0.576. The highest BCUT2D eigenvalue weighted by atomic mass is 19.1. The van der Waals surface area contributed by atoms with Crippen LogP contribution in [-0.4, -0.2) is 31.2 Å². The Balaban J connectivity index is 2.29. The summed E-state index contributed by atoms with van der Waals surface area (Å²) in [6, 6.07) is 0. The predicted octanol–water partition coefficient (Wildman–Crippen LogP) is 3.02. The van der Waals surface area contributed by atoms with E-state index in [0.717, 1.165) is 19.4 Å². The molecule has 0 radical (unpaired) electrons. The molecule has 1 aliphatic carbocycles. The average molecular weight is 211 g/mol. The minimum absolute atomic E-state index is 0.115. The predicted molar refractivity (Wildman–Crippen MR) is 61.6 cm³/mol. The highest BCUT2D eigenvalue weighted by Gasteiger charge is 2.49. The highest BCUT2D eigenvalue weighted by molar-refractivity contribution is 5.30. The summed E-state index contributed by atoms with van der Waals surface area (Å²) in [4.78, 5) is 2.11. The van der Waals surface area contributed by atoms with E-state index >= 15 is 0 Å². The summed E-state index contributed by atoms with van der Waals surface area (Å²) in [6.07, 6.45) is 1.36. The molecule has 0 saturated carbocycles. The number of rotatable bonds is 0. The number of hydrogen-bond donors (Lipinski definition) is 0. The third-order valence-corrected chi connectivity index (χ3v) is 4.76. The minimum Gasteiger partial charge on any atom is -0.303 e. The zero-order valence-electron chi connectivity index (χ0n) is 10.3. The number of likely N-dealkylation sites (tertiary alicyclic amines) is 1. The van der Waals surface area contributed by atoms with Gasteiger partial charge in [0.05, 0.1) is 0 Å². The second-order valence-electron chi connectivity index (χ2n) is 5.55. The lowest BCUT2D eigenvalue weighted by Gasteiger charge is -2.42. The van der Waals surface area contributed by atoms with Crippen molar-refractivity contribution in [2.45, 2.75) is 39.8 Å². The van der Waals surface area contributed by atoms with Crippen LogP contribution in [-0.2, 0) is 0 Å². The topological polar surface area (TPSA) is 3.24 Å². The summed E-state index contributed by atoms with van der Waals surface area (Å²) >= 11 is 0. The normalized spacial score (nSPS) is 43.0. The molecule has 86 valence electrons. The molecule has 2 rings (SSSR count).